The molecule has 0 spiro atoms. The van der Waals surface area contributed by atoms with Crippen molar-refractivity contribution in [3.05, 3.63) is 136 Å². The quantitative estimate of drug-likeness (QED) is 0.378. The predicted octanol–water partition coefficient (Wildman–Crippen LogP) is 4.63. The second-order valence-corrected chi connectivity index (χ2v) is 7.65. The van der Waals surface area contributed by atoms with Gasteiger partial charge in [0.05, 0.1) is 5.56 Å². The Hall–Kier alpha value is -4.64. The van der Waals surface area contributed by atoms with E-state index in [1.807, 2.05) is 0 Å². The summed E-state index contributed by atoms with van der Waals surface area (Å²) in [5.41, 5.74) is 3.15. The predicted molar refractivity (Wildman–Crippen MR) is 121 cm³/mol. The second kappa shape index (κ2) is 7.80. The van der Waals surface area contributed by atoms with E-state index in [0.717, 1.165) is 0 Å². The Bertz CT molecular complexity index is 1390. The fourth-order valence-corrected chi connectivity index (χ4v) is 4.18. The van der Waals surface area contributed by atoms with Crippen molar-refractivity contribution in [1.29, 1.82) is 0 Å². The molecule has 4 aromatic carbocycles. The Kier molecular flexibility index (Phi) is 4.79. The van der Waals surface area contributed by atoms with Crippen molar-refractivity contribution in [1.82, 2.24) is 0 Å². The topological polar surface area (TPSA) is 88.5 Å². The minimum atomic E-state index is -0.298. The van der Waals surface area contributed by atoms with Crippen LogP contribution in [0.25, 0.3) is 0 Å². The van der Waals surface area contributed by atoms with Gasteiger partial charge in [0.15, 0.2) is 23.1 Å². The average molecular weight is 432 g/mol. The summed E-state index contributed by atoms with van der Waals surface area (Å²) in [4.78, 5) is 48.5. The van der Waals surface area contributed by atoms with Crippen LogP contribution in [0.2, 0.25) is 0 Å². The number of fused-ring (bicyclic) bond motifs is 4. The number of ketones is 4. The minimum absolute atomic E-state index is 0.0641. The van der Waals surface area contributed by atoms with Gasteiger partial charge in [-0.3, -0.25) is 19.2 Å². The van der Waals surface area contributed by atoms with Crippen LogP contribution in [0, 0.1) is 0 Å². The van der Waals surface area contributed by atoms with Crippen LogP contribution in [-0.4, -0.2) is 28.2 Å². The van der Waals surface area contributed by atoms with Crippen molar-refractivity contribution < 1.29 is 24.3 Å². The number of hydrogen-bond donors (Lipinski definition) is 1. The number of benzene rings is 4. The Balaban J connectivity index is 0.000000139. The van der Waals surface area contributed by atoms with Crippen molar-refractivity contribution in [2.45, 2.75) is 0 Å². The average Bonchev–Trinajstić information content (AvgIpc) is 2.86. The molecule has 5 nitrogen and oxygen atoms in total. The molecule has 0 unspecified atom stereocenters. The first-order valence-corrected chi connectivity index (χ1v) is 10.3. The summed E-state index contributed by atoms with van der Waals surface area (Å²) < 4.78 is 0. The molecule has 158 valence electrons. The van der Waals surface area contributed by atoms with Gasteiger partial charge in [0.2, 0.25) is 0 Å². The maximum absolute atomic E-state index is 12.2. The van der Waals surface area contributed by atoms with Gasteiger partial charge in [-0.1, -0.05) is 84.9 Å². The van der Waals surface area contributed by atoms with E-state index < -0.39 is 0 Å². The largest absolute Gasteiger partial charge is 0.507 e. The summed E-state index contributed by atoms with van der Waals surface area (Å²) in [6.45, 7) is 0. The van der Waals surface area contributed by atoms with Gasteiger partial charge >= 0.3 is 0 Å². The van der Waals surface area contributed by atoms with Gasteiger partial charge in [-0.15, -0.1) is 0 Å². The molecular formula is C28H16O5. The standard InChI is InChI=1S/C14H8O3.C14H8O2/c15-11-7-3-6-10-12(11)14(17)9-5-2-1-4-8(9)13(10)16;15-13-9-5-1-2-6-10(9)14(16)12-8-4-3-7-11(12)13/h1-7,15H;1-8H. The summed E-state index contributed by atoms with van der Waals surface area (Å²) in [6, 6.07) is 25.1. The highest BCUT2D eigenvalue weighted by Gasteiger charge is 2.31. The number of hydrogen-bond acceptors (Lipinski definition) is 5. The fourth-order valence-electron chi connectivity index (χ4n) is 4.18. The molecule has 6 rings (SSSR count). The van der Waals surface area contributed by atoms with E-state index in [0.29, 0.717) is 33.4 Å². The van der Waals surface area contributed by atoms with Crippen LogP contribution < -0.4 is 0 Å². The molecule has 0 saturated carbocycles. The molecule has 33 heavy (non-hydrogen) atoms. The molecule has 0 radical (unpaired) electrons. The zero-order valence-corrected chi connectivity index (χ0v) is 17.2. The summed E-state index contributed by atoms with van der Waals surface area (Å²) in [6.07, 6.45) is 0. The maximum atomic E-state index is 12.2. The summed E-state index contributed by atoms with van der Waals surface area (Å²) in [5, 5.41) is 9.70. The van der Waals surface area contributed by atoms with Crippen LogP contribution in [0.3, 0.4) is 0 Å². The molecule has 2 aliphatic rings. The van der Waals surface area contributed by atoms with E-state index in [4.69, 9.17) is 0 Å². The lowest BCUT2D eigenvalue weighted by Crippen LogP contribution is -2.20. The van der Waals surface area contributed by atoms with E-state index in [1.165, 1.54) is 6.07 Å². The Morgan fingerprint density at radius 2 is 0.667 bits per heavy atom. The molecule has 4 aromatic rings. The lowest BCUT2D eigenvalue weighted by atomic mass is 9.84. The molecular weight excluding hydrogens is 416 g/mol. The van der Waals surface area contributed by atoms with Crippen LogP contribution in [0.4, 0.5) is 0 Å². The number of phenols is 1. The van der Waals surface area contributed by atoms with Crippen molar-refractivity contribution in [2.24, 2.45) is 0 Å². The molecule has 5 heteroatoms. The molecule has 2 aliphatic carbocycles. The maximum Gasteiger partial charge on any atom is 0.198 e. The number of carbonyl (C=O) groups is 4. The molecule has 0 saturated heterocycles. The van der Waals surface area contributed by atoms with Gasteiger partial charge < -0.3 is 5.11 Å². The van der Waals surface area contributed by atoms with Crippen LogP contribution in [0.1, 0.15) is 63.7 Å². The number of carbonyl (C=O) groups excluding carboxylic acids is 4. The molecule has 0 heterocycles. The normalized spacial score (nSPS) is 13.2. The van der Waals surface area contributed by atoms with Gasteiger partial charge in [0, 0.05) is 38.9 Å². The van der Waals surface area contributed by atoms with Crippen molar-refractivity contribution in [2.75, 3.05) is 0 Å². The number of aromatic hydroxyl groups is 1. The van der Waals surface area contributed by atoms with Crippen LogP contribution >= 0.6 is 0 Å². The van der Waals surface area contributed by atoms with Crippen molar-refractivity contribution >= 4 is 23.1 Å². The molecule has 0 fully saturated rings. The fraction of sp³-hybridized carbons (Fsp3) is 0. The third-order valence-electron chi connectivity index (χ3n) is 5.76. The highest BCUT2D eigenvalue weighted by molar-refractivity contribution is 6.29. The molecule has 0 aromatic heterocycles. The van der Waals surface area contributed by atoms with Gasteiger partial charge in [0.25, 0.3) is 0 Å². The van der Waals surface area contributed by atoms with Gasteiger partial charge in [-0.25, -0.2) is 0 Å². The van der Waals surface area contributed by atoms with Gasteiger partial charge in [-0.05, 0) is 6.07 Å². The molecule has 0 atom stereocenters. The second-order valence-electron chi connectivity index (χ2n) is 7.65. The summed E-state index contributed by atoms with van der Waals surface area (Å²) in [7, 11) is 0. The smallest absolute Gasteiger partial charge is 0.198 e. The first-order chi connectivity index (χ1) is 16.0. The van der Waals surface area contributed by atoms with Crippen molar-refractivity contribution in [3.8, 4) is 5.75 Å². The first kappa shape index (κ1) is 20.3. The first-order valence-electron chi connectivity index (χ1n) is 10.3. The lowest BCUT2D eigenvalue weighted by molar-refractivity contribution is 0.0976. The lowest BCUT2D eigenvalue weighted by Gasteiger charge is -2.17. The van der Waals surface area contributed by atoms with E-state index in [-0.39, 0.29) is 40.0 Å². The monoisotopic (exact) mass is 432 g/mol. The highest BCUT2D eigenvalue weighted by Crippen LogP contribution is 2.32. The molecule has 0 bridgehead atoms. The molecule has 1 N–H and O–H groups in total. The number of rotatable bonds is 0. The van der Waals surface area contributed by atoms with E-state index in [2.05, 4.69) is 0 Å². The van der Waals surface area contributed by atoms with Gasteiger partial charge in [-0.2, -0.15) is 0 Å². The third-order valence-corrected chi connectivity index (χ3v) is 5.76. The molecule has 0 amide bonds. The Labute approximate surface area is 188 Å². The van der Waals surface area contributed by atoms with Gasteiger partial charge in [0.1, 0.15) is 5.75 Å². The van der Waals surface area contributed by atoms with E-state index in [9.17, 15) is 24.3 Å². The third kappa shape index (κ3) is 3.18. The van der Waals surface area contributed by atoms with E-state index >= 15 is 0 Å². The molecule has 0 aliphatic heterocycles. The minimum Gasteiger partial charge on any atom is -0.507 e. The number of phenolic OH excluding ortho intramolecular Hbond substituents is 1. The van der Waals surface area contributed by atoms with E-state index in [1.54, 1.807) is 84.9 Å². The van der Waals surface area contributed by atoms with Crippen LogP contribution in [0.5, 0.6) is 5.75 Å². The summed E-state index contributed by atoms with van der Waals surface area (Å²) in [5.74, 6) is -0.786. The Morgan fingerprint density at radius 3 is 1.06 bits per heavy atom. The zero-order chi connectivity index (χ0) is 23.1. The van der Waals surface area contributed by atoms with Crippen LogP contribution in [0.15, 0.2) is 91.0 Å². The zero-order valence-electron chi connectivity index (χ0n) is 17.2. The highest BCUT2D eigenvalue weighted by atomic mass is 16.3. The summed E-state index contributed by atoms with van der Waals surface area (Å²) >= 11 is 0. The van der Waals surface area contributed by atoms with Crippen LogP contribution in [-0.2, 0) is 0 Å². The Morgan fingerprint density at radius 1 is 0.364 bits per heavy atom. The van der Waals surface area contributed by atoms with Crippen molar-refractivity contribution in [3.63, 3.8) is 0 Å². The SMILES string of the molecule is O=C1c2ccccc2C(=O)c2c(O)cccc21.O=C1c2ccccc2C(=O)c2ccccc21.